The zero-order chi connectivity index (χ0) is 17.4. The Kier molecular flexibility index (Phi) is 5.86. The number of rotatable bonds is 6. The van der Waals surface area contributed by atoms with Gasteiger partial charge >= 0.3 is 5.97 Å². The number of aryl methyl sites for hydroxylation is 1. The zero-order valence-electron chi connectivity index (χ0n) is 13.4. The van der Waals surface area contributed by atoms with Crippen molar-refractivity contribution in [3.63, 3.8) is 0 Å². The average molecular weight is 323 g/mol. The highest BCUT2D eigenvalue weighted by molar-refractivity contribution is 5.93. The maximum atomic E-state index is 11.6. The number of benzene rings is 1. The van der Waals surface area contributed by atoms with Crippen LogP contribution >= 0.6 is 0 Å². The minimum atomic E-state index is -0.685. The Morgan fingerprint density at radius 3 is 2.88 bits per heavy atom. The molecule has 1 aromatic heterocycles. The Hall–Kier alpha value is -3.40. The lowest BCUT2D eigenvalue weighted by molar-refractivity contribution is -0.138. The van der Waals surface area contributed by atoms with E-state index in [0.29, 0.717) is 5.95 Å². The number of hydrogen-bond acceptors (Lipinski definition) is 6. The molecule has 0 saturated carbocycles. The van der Waals surface area contributed by atoms with E-state index in [1.807, 2.05) is 37.3 Å². The Morgan fingerprint density at radius 2 is 2.21 bits per heavy atom. The number of nitrogens with zero attached hydrogens (tertiary/aromatic N) is 4. The van der Waals surface area contributed by atoms with Gasteiger partial charge in [-0.3, -0.25) is 0 Å². The fourth-order valence-electron chi connectivity index (χ4n) is 1.82. The van der Waals surface area contributed by atoms with E-state index < -0.39 is 5.97 Å². The molecule has 0 unspecified atom stereocenters. The molecule has 0 aliphatic rings. The molecule has 1 N–H and O–H groups in total. The van der Waals surface area contributed by atoms with Crippen LogP contribution in [0.25, 0.3) is 0 Å². The number of nitrogens with one attached hydrogen (secondary N) is 1. The topological polar surface area (TPSA) is 92.3 Å². The van der Waals surface area contributed by atoms with E-state index >= 15 is 0 Å². The molecule has 0 aliphatic carbocycles. The van der Waals surface area contributed by atoms with Crippen molar-refractivity contribution < 1.29 is 9.53 Å². The molecule has 0 spiro atoms. The van der Waals surface area contributed by atoms with Crippen molar-refractivity contribution in [1.82, 2.24) is 9.66 Å². The molecule has 7 nitrogen and oxygen atoms in total. The van der Waals surface area contributed by atoms with Crippen LogP contribution in [0.15, 0.2) is 53.4 Å². The van der Waals surface area contributed by atoms with Gasteiger partial charge in [0.1, 0.15) is 6.07 Å². The van der Waals surface area contributed by atoms with Crippen molar-refractivity contribution in [1.29, 1.82) is 5.26 Å². The van der Waals surface area contributed by atoms with Crippen LogP contribution in [0.1, 0.15) is 18.2 Å². The molecule has 0 aliphatic heterocycles. The second kappa shape index (κ2) is 8.29. The normalized spacial score (nSPS) is 11.3. The summed E-state index contributed by atoms with van der Waals surface area (Å²) < 4.78 is 6.32. The molecule has 0 fully saturated rings. The van der Waals surface area contributed by atoms with Crippen LogP contribution in [0.4, 0.5) is 5.95 Å². The third-order valence-electron chi connectivity index (χ3n) is 2.90. The molecule has 0 radical (unpaired) electrons. The van der Waals surface area contributed by atoms with Crippen LogP contribution in [0.5, 0.6) is 0 Å². The SMILES string of the molecule is CCOC(=O)/C(C#N)=C/Nc1nc(C)cn1/N=C/c1ccccc1. The van der Waals surface area contributed by atoms with Gasteiger partial charge in [-0.15, -0.1) is 0 Å². The van der Waals surface area contributed by atoms with Gasteiger partial charge in [0.25, 0.3) is 0 Å². The quantitative estimate of drug-likeness (QED) is 0.381. The van der Waals surface area contributed by atoms with Crippen LogP contribution in [-0.2, 0) is 9.53 Å². The number of imidazole rings is 1. The van der Waals surface area contributed by atoms with Gasteiger partial charge < -0.3 is 10.1 Å². The maximum Gasteiger partial charge on any atom is 0.350 e. The summed E-state index contributed by atoms with van der Waals surface area (Å²) >= 11 is 0. The second-order valence-electron chi connectivity index (χ2n) is 4.74. The molecule has 1 heterocycles. The lowest BCUT2D eigenvalue weighted by Crippen LogP contribution is -2.08. The summed E-state index contributed by atoms with van der Waals surface area (Å²) in [5.41, 5.74) is 1.54. The summed E-state index contributed by atoms with van der Waals surface area (Å²) in [6.45, 7) is 3.70. The maximum absolute atomic E-state index is 11.6. The van der Waals surface area contributed by atoms with Crippen LogP contribution in [0.2, 0.25) is 0 Å². The number of nitriles is 1. The largest absolute Gasteiger partial charge is 0.462 e. The van der Waals surface area contributed by atoms with E-state index in [9.17, 15) is 4.79 Å². The van der Waals surface area contributed by atoms with Crippen molar-refractivity contribution in [2.75, 3.05) is 11.9 Å². The van der Waals surface area contributed by atoms with Crippen molar-refractivity contribution in [2.24, 2.45) is 5.10 Å². The second-order valence-corrected chi connectivity index (χ2v) is 4.74. The molecular weight excluding hydrogens is 306 g/mol. The van der Waals surface area contributed by atoms with E-state index in [0.717, 1.165) is 11.3 Å². The Labute approximate surface area is 139 Å². The molecule has 122 valence electrons. The number of carbonyl (C=O) groups excluding carboxylic acids is 1. The highest BCUT2D eigenvalue weighted by Gasteiger charge is 2.10. The summed E-state index contributed by atoms with van der Waals surface area (Å²) in [6.07, 6.45) is 4.67. The summed E-state index contributed by atoms with van der Waals surface area (Å²) in [5.74, 6) is -0.299. The molecule has 0 atom stereocenters. The number of esters is 1. The molecule has 0 amide bonds. The predicted octanol–water partition coefficient (Wildman–Crippen LogP) is 2.46. The molecule has 1 aromatic carbocycles. The van der Waals surface area contributed by atoms with Gasteiger partial charge in [-0.25, -0.2) is 14.5 Å². The smallest absolute Gasteiger partial charge is 0.350 e. The van der Waals surface area contributed by atoms with Gasteiger partial charge in [0.05, 0.1) is 24.7 Å². The van der Waals surface area contributed by atoms with Crippen molar-refractivity contribution in [2.45, 2.75) is 13.8 Å². The summed E-state index contributed by atoms with van der Waals surface area (Å²) in [7, 11) is 0. The highest BCUT2D eigenvalue weighted by Crippen LogP contribution is 2.09. The first-order valence-electron chi connectivity index (χ1n) is 7.33. The standard InChI is InChI=1S/C17H17N5O2/c1-3-24-16(23)15(9-18)11-19-17-21-13(2)12-22(17)20-10-14-7-5-4-6-8-14/h4-8,10-12H,3H2,1-2H3,(H,19,21)/b15-11+,20-10+. The fraction of sp³-hybridized carbons (Fsp3) is 0.176. The van der Waals surface area contributed by atoms with Gasteiger partial charge in [-0.2, -0.15) is 10.4 Å². The fourth-order valence-corrected chi connectivity index (χ4v) is 1.82. The lowest BCUT2D eigenvalue weighted by atomic mass is 10.2. The Bertz CT molecular complexity index is 800. The number of aromatic nitrogens is 2. The van der Waals surface area contributed by atoms with Crippen LogP contribution < -0.4 is 5.32 Å². The first-order chi connectivity index (χ1) is 11.6. The van der Waals surface area contributed by atoms with Gasteiger partial charge in [-0.05, 0) is 19.4 Å². The van der Waals surface area contributed by atoms with Crippen LogP contribution in [0, 0.1) is 18.3 Å². The van der Waals surface area contributed by atoms with Gasteiger partial charge in [0.15, 0.2) is 5.57 Å². The zero-order valence-corrected chi connectivity index (χ0v) is 13.4. The van der Waals surface area contributed by atoms with E-state index in [2.05, 4.69) is 15.4 Å². The first kappa shape index (κ1) is 17.0. The van der Waals surface area contributed by atoms with Gasteiger partial charge in [-0.1, -0.05) is 30.3 Å². The monoisotopic (exact) mass is 323 g/mol. The molecule has 0 bridgehead atoms. The molecule has 0 saturated heterocycles. The first-order valence-corrected chi connectivity index (χ1v) is 7.33. The number of hydrogen-bond donors (Lipinski definition) is 1. The average Bonchev–Trinajstić information content (AvgIpc) is 2.94. The summed E-state index contributed by atoms with van der Waals surface area (Å²) in [5, 5.41) is 16.1. The molecule has 24 heavy (non-hydrogen) atoms. The summed E-state index contributed by atoms with van der Waals surface area (Å²) in [6, 6.07) is 11.4. The third kappa shape index (κ3) is 4.55. The van der Waals surface area contributed by atoms with Crippen molar-refractivity contribution >= 4 is 18.1 Å². The highest BCUT2D eigenvalue weighted by atomic mass is 16.5. The van der Waals surface area contributed by atoms with Crippen LogP contribution in [0.3, 0.4) is 0 Å². The summed E-state index contributed by atoms with van der Waals surface area (Å²) in [4.78, 5) is 15.9. The minimum absolute atomic E-state index is 0.143. The van der Waals surface area contributed by atoms with Gasteiger partial charge in [0, 0.05) is 6.20 Å². The minimum Gasteiger partial charge on any atom is -0.462 e. The molecule has 2 aromatic rings. The van der Waals surface area contributed by atoms with Crippen molar-refractivity contribution in [3.05, 3.63) is 59.6 Å². The van der Waals surface area contributed by atoms with Gasteiger partial charge in [0.2, 0.25) is 5.95 Å². The predicted molar refractivity (Wildman–Crippen MR) is 90.3 cm³/mol. The van der Waals surface area contributed by atoms with E-state index in [4.69, 9.17) is 10.00 Å². The lowest BCUT2D eigenvalue weighted by Gasteiger charge is -2.03. The Balaban J connectivity index is 2.18. The number of ether oxygens (including phenoxy) is 1. The molecular formula is C17H17N5O2. The van der Waals surface area contributed by atoms with E-state index in [1.165, 1.54) is 10.9 Å². The third-order valence-corrected chi connectivity index (χ3v) is 2.90. The van der Waals surface area contributed by atoms with E-state index in [-0.39, 0.29) is 12.2 Å². The van der Waals surface area contributed by atoms with Crippen molar-refractivity contribution in [3.8, 4) is 6.07 Å². The van der Waals surface area contributed by atoms with Crippen LogP contribution in [-0.4, -0.2) is 28.5 Å². The Morgan fingerprint density at radius 1 is 1.46 bits per heavy atom. The number of anilines is 1. The molecule has 2 rings (SSSR count). The van der Waals surface area contributed by atoms with E-state index in [1.54, 1.807) is 25.4 Å². The molecule has 7 heteroatoms. The number of carbonyl (C=O) groups is 1.